The fourth-order valence-electron chi connectivity index (χ4n) is 1.54. The molecule has 96 valence electrons. The minimum absolute atomic E-state index is 0.0515. The Balaban J connectivity index is 2.31. The molecule has 0 aliphatic heterocycles. The van der Waals surface area contributed by atoms with E-state index in [1.54, 1.807) is 0 Å². The van der Waals surface area contributed by atoms with E-state index in [0.717, 1.165) is 21.1 Å². The van der Waals surface area contributed by atoms with Gasteiger partial charge >= 0.3 is 0 Å². The number of halogens is 2. The van der Waals surface area contributed by atoms with Crippen LogP contribution in [0.15, 0.2) is 16.6 Å². The fraction of sp³-hybridized carbons (Fsp3) is 0.333. The Morgan fingerprint density at radius 3 is 2.94 bits per heavy atom. The lowest BCUT2D eigenvalue weighted by atomic mass is 10.2. The van der Waals surface area contributed by atoms with Crippen LogP contribution >= 0.6 is 43.2 Å². The second-order valence-electron chi connectivity index (χ2n) is 3.98. The van der Waals surface area contributed by atoms with E-state index in [1.807, 2.05) is 19.9 Å². The highest BCUT2D eigenvalue weighted by Crippen LogP contribution is 2.32. The maximum absolute atomic E-state index is 11.8. The minimum Gasteiger partial charge on any atom is -0.301 e. The van der Waals surface area contributed by atoms with Crippen molar-refractivity contribution in [1.29, 1.82) is 0 Å². The molecule has 0 saturated carbocycles. The van der Waals surface area contributed by atoms with E-state index in [0.29, 0.717) is 5.13 Å². The van der Waals surface area contributed by atoms with Crippen molar-refractivity contribution < 1.29 is 4.79 Å². The monoisotopic (exact) mass is 390 g/mol. The van der Waals surface area contributed by atoms with Crippen LogP contribution in [0, 0.1) is 6.92 Å². The lowest BCUT2D eigenvalue weighted by Gasteiger charge is -2.04. The molecular formula is C12H12Br2N2OS. The summed E-state index contributed by atoms with van der Waals surface area (Å²) in [5.74, 6) is -0.0515. The molecule has 1 heterocycles. The van der Waals surface area contributed by atoms with Gasteiger partial charge in [-0.1, -0.05) is 34.2 Å². The molecule has 0 radical (unpaired) electrons. The summed E-state index contributed by atoms with van der Waals surface area (Å²) in [6.45, 7) is 3.99. The normalized spacial score (nSPS) is 12.7. The van der Waals surface area contributed by atoms with Crippen LogP contribution in [0.1, 0.15) is 18.9 Å². The van der Waals surface area contributed by atoms with Crippen molar-refractivity contribution in [3.63, 3.8) is 0 Å². The fourth-order valence-corrected chi connectivity index (χ4v) is 3.44. The molecule has 2 rings (SSSR count). The molecule has 0 bridgehead atoms. The van der Waals surface area contributed by atoms with Crippen molar-refractivity contribution in [1.82, 2.24) is 4.98 Å². The third-order valence-electron chi connectivity index (χ3n) is 2.47. The zero-order chi connectivity index (χ0) is 13.3. The highest BCUT2D eigenvalue weighted by Gasteiger charge is 2.15. The van der Waals surface area contributed by atoms with Crippen LogP contribution in [0.3, 0.4) is 0 Å². The highest BCUT2D eigenvalue weighted by atomic mass is 79.9. The molecule has 1 atom stereocenters. The number of nitrogens with one attached hydrogen (secondary N) is 1. The number of aryl methyl sites for hydroxylation is 1. The number of alkyl halides is 1. The van der Waals surface area contributed by atoms with Gasteiger partial charge in [0.15, 0.2) is 5.13 Å². The Morgan fingerprint density at radius 2 is 2.28 bits per heavy atom. The molecule has 2 aromatic rings. The molecule has 3 nitrogen and oxygen atoms in total. The first-order valence-electron chi connectivity index (χ1n) is 5.53. The van der Waals surface area contributed by atoms with Crippen molar-refractivity contribution in [3.05, 3.63) is 22.2 Å². The van der Waals surface area contributed by atoms with Gasteiger partial charge in [-0.3, -0.25) is 4.79 Å². The SMILES string of the molecule is CC[C@@H](Br)C(=O)Nc1nc2c(Br)cc(C)cc2s1. The second-order valence-corrected chi connectivity index (χ2v) is 6.97. The van der Waals surface area contributed by atoms with Crippen molar-refractivity contribution in [2.45, 2.75) is 25.1 Å². The Hall–Kier alpha value is -0.460. The molecule has 0 unspecified atom stereocenters. The van der Waals surface area contributed by atoms with Crippen LogP contribution in [-0.4, -0.2) is 15.7 Å². The van der Waals surface area contributed by atoms with Gasteiger partial charge in [0.2, 0.25) is 5.91 Å². The smallest absolute Gasteiger partial charge is 0.239 e. The Kier molecular flexibility index (Phi) is 4.40. The van der Waals surface area contributed by atoms with Crippen LogP contribution in [-0.2, 0) is 4.79 Å². The van der Waals surface area contributed by atoms with Gasteiger partial charge in [0, 0.05) is 4.47 Å². The standard InChI is InChI=1S/C12H12Br2N2OS/c1-3-7(13)11(17)16-12-15-10-8(14)4-6(2)5-9(10)18-12/h4-5,7H,3H2,1-2H3,(H,15,16,17)/t7-/m1/s1. The van der Waals surface area contributed by atoms with Crippen molar-refractivity contribution in [2.24, 2.45) is 0 Å². The number of fused-ring (bicyclic) bond motifs is 1. The van der Waals surface area contributed by atoms with E-state index in [9.17, 15) is 4.79 Å². The summed E-state index contributed by atoms with van der Waals surface area (Å²) in [5, 5.41) is 3.47. The third-order valence-corrected chi connectivity index (χ3v) is 5.05. The van der Waals surface area contributed by atoms with Gasteiger partial charge in [-0.05, 0) is 47.0 Å². The first-order valence-corrected chi connectivity index (χ1v) is 8.05. The summed E-state index contributed by atoms with van der Waals surface area (Å²) in [4.78, 5) is 16.0. The van der Waals surface area contributed by atoms with E-state index < -0.39 is 0 Å². The highest BCUT2D eigenvalue weighted by molar-refractivity contribution is 9.10. The average Bonchev–Trinajstić information content (AvgIpc) is 2.70. The van der Waals surface area contributed by atoms with E-state index in [-0.39, 0.29) is 10.7 Å². The first kappa shape index (κ1) is 14.0. The van der Waals surface area contributed by atoms with Gasteiger partial charge in [-0.2, -0.15) is 0 Å². The van der Waals surface area contributed by atoms with Gasteiger partial charge < -0.3 is 5.32 Å². The molecule has 0 aliphatic carbocycles. The van der Waals surface area contributed by atoms with Crippen molar-refractivity contribution >= 4 is 64.5 Å². The third kappa shape index (κ3) is 2.92. The van der Waals surface area contributed by atoms with Gasteiger partial charge in [0.05, 0.1) is 15.0 Å². The maximum Gasteiger partial charge on any atom is 0.239 e. The Morgan fingerprint density at radius 1 is 1.56 bits per heavy atom. The summed E-state index contributed by atoms with van der Waals surface area (Å²) in [5.41, 5.74) is 2.06. The van der Waals surface area contributed by atoms with Gasteiger partial charge in [-0.25, -0.2) is 4.98 Å². The predicted octanol–water partition coefficient (Wildman–Crippen LogP) is 4.48. The number of rotatable bonds is 3. The number of anilines is 1. The Bertz CT molecular complexity index is 597. The number of hydrogen-bond donors (Lipinski definition) is 1. The van der Waals surface area contributed by atoms with Crippen LogP contribution in [0.2, 0.25) is 0 Å². The van der Waals surface area contributed by atoms with Crippen LogP contribution in [0.4, 0.5) is 5.13 Å². The summed E-state index contributed by atoms with van der Waals surface area (Å²) >= 11 is 8.31. The molecule has 18 heavy (non-hydrogen) atoms. The zero-order valence-electron chi connectivity index (χ0n) is 9.96. The van der Waals surface area contributed by atoms with E-state index >= 15 is 0 Å². The molecule has 1 N–H and O–H groups in total. The predicted molar refractivity (Wildman–Crippen MR) is 83.7 cm³/mol. The topological polar surface area (TPSA) is 42.0 Å². The minimum atomic E-state index is -0.172. The molecule has 0 fully saturated rings. The number of nitrogens with zero attached hydrogens (tertiary/aromatic N) is 1. The van der Waals surface area contributed by atoms with E-state index in [1.165, 1.54) is 16.9 Å². The van der Waals surface area contributed by atoms with Crippen LogP contribution < -0.4 is 5.32 Å². The number of benzene rings is 1. The quantitative estimate of drug-likeness (QED) is 0.783. The molecule has 0 aliphatic rings. The van der Waals surface area contributed by atoms with E-state index in [4.69, 9.17) is 0 Å². The Labute approximate surface area is 126 Å². The number of carbonyl (C=O) groups is 1. The molecular weight excluding hydrogens is 380 g/mol. The number of carbonyl (C=O) groups excluding carboxylic acids is 1. The molecule has 0 spiro atoms. The van der Waals surface area contributed by atoms with Crippen molar-refractivity contribution in [2.75, 3.05) is 5.32 Å². The van der Waals surface area contributed by atoms with Gasteiger partial charge in [0.25, 0.3) is 0 Å². The number of thiazole rings is 1. The lowest BCUT2D eigenvalue weighted by molar-refractivity contribution is -0.115. The summed E-state index contributed by atoms with van der Waals surface area (Å²) < 4.78 is 2.03. The first-order chi connectivity index (χ1) is 8.51. The maximum atomic E-state index is 11.8. The zero-order valence-corrected chi connectivity index (χ0v) is 13.9. The molecule has 1 aromatic heterocycles. The molecule has 1 amide bonds. The molecule has 6 heteroatoms. The van der Waals surface area contributed by atoms with E-state index in [2.05, 4.69) is 48.2 Å². The number of aromatic nitrogens is 1. The number of hydrogen-bond acceptors (Lipinski definition) is 3. The summed E-state index contributed by atoms with van der Waals surface area (Å²) in [6.07, 6.45) is 0.750. The number of amides is 1. The van der Waals surface area contributed by atoms with Crippen LogP contribution in [0.25, 0.3) is 10.2 Å². The van der Waals surface area contributed by atoms with Gasteiger partial charge in [-0.15, -0.1) is 0 Å². The second kappa shape index (κ2) is 5.67. The van der Waals surface area contributed by atoms with Crippen molar-refractivity contribution in [3.8, 4) is 0 Å². The molecule has 1 aromatic carbocycles. The lowest BCUT2D eigenvalue weighted by Crippen LogP contribution is -2.21. The largest absolute Gasteiger partial charge is 0.301 e. The average molecular weight is 392 g/mol. The van der Waals surface area contributed by atoms with Gasteiger partial charge in [0.1, 0.15) is 0 Å². The summed E-state index contributed by atoms with van der Waals surface area (Å²) in [7, 11) is 0. The van der Waals surface area contributed by atoms with Crippen LogP contribution in [0.5, 0.6) is 0 Å². The molecule has 0 saturated heterocycles. The summed E-state index contributed by atoms with van der Waals surface area (Å²) in [6, 6.07) is 4.09.